The molecule has 0 saturated heterocycles. The number of carbonyl (C=O) groups excluding carboxylic acids is 1. The van der Waals surface area contributed by atoms with Gasteiger partial charge in [0.15, 0.2) is 0 Å². The van der Waals surface area contributed by atoms with Crippen LogP contribution in [-0.2, 0) is 14.8 Å². The summed E-state index contributed by atoms with van der Waals surface area (Å²) in [6.45, 7) is 3.30. The van der Waals surface area contributed by atoms with Gasteiger partial charge in [0.2, 0.25) is 15.9 Å². The van der Waals surface area contributed by atoms with Gasteiger partial charge in [-0.3, -0.25) is 4.79 Å². The highest BCUT2D eigenvalue weighted by Gasteiger charge is 2.29. The standard InChI is InChI=1S/C16H24N2O4S/c1-11(2)23(21,22)18-13-8-6-12(7-9-13)16(20)17-14-4-3-5-15(19)10-14/h3-5,10-13,18-19H,6-9H2,1-2H3,(H,17,20). The number of carbonyl (C=O) groups is 1. The topological polar surface area (TPSA) is 95.5 Å². The van der Waals surface area contributed by atoms with Gasteiger partial charge in [0.05, 0.1) is 5.25 Å². The fraction of sp³-hybridized carbons (Fsp3) is 0.562. The molecule has 0 aliphatic heterocycles. The van der Waals surface area contributed by atoms with Crippen molar-refractivity contribution in [3.63, 3.8) is 0 Å². The first-order valence-corrected chi connectivity index (χ1v) is 9.43. The van der Waals surface area contributed by atoms with E-state index in [1.165, 1.54) is 6.07 Å². The van der Waals surface area contributed by atoms with Crippen molar-refractivity contribution in [2.75, 3.05) is 5.32 Å². The van der Waals surface area contributed by atoms with Crippen LogP contribution in [0, 0.1) is 5.92 Å². The van der Waals surface area contributed by atoms with Crippen LogP contribution in [0.2, 0.25) is 0 Å². The maximum absolute atomic E-state index is 12.2. The first-order chi connectivity index (χ1) is 10.8. The minimum absolute atomic E-state index is 0.0826. The average molecular weight is 340 g/mol. The maximum atomic E-state index is 12.2. The largest absolute Gasteiger partial charge is 0.508 e. The highest BCUT2D eigenvalue weighted by Crippen LogP contribution is 2.27. The molecule has 0 aromatic heterocycles. The zero-order valence-corrected chi connectivity index (χ0v) is 14.3. The van der Waals surface area contributed by atoms with E-state index in [4.69, 9.17) is 0 Å². The lowest BCUT2D eigenvalue weighted by Gasteiger charge is -2.28. The van der Waals surface area contributed by atoms with Crippen molar-refractivity contribution < 1.29 is 18.3 Å². The first-order valence-electron chi connectivity index (χ1n) is 7.89. The number of benzene rings is 1. The van der Waals surface area contributed by atoms with Crippen molar-refractivity contribution in [1.82, 2.24) is 4.72 Å². The van der Waals surface area contributed by atoms with E-state index in [1.807, 2.05) is 0 Å². The number of rotatable bonds is 5. The van der Waals surface area contributed by atoms with E-state index < -0.39 is 15.3 Å². The molecule has 1 aromatic rings. The second-order valence-corrected chi connectivity index (χ2v) is 8.57. The van der Waals surface area contributed by atoms with Gasteiger partial charge in [-0.25, -0.2) is 13.1 Å². The zero-order chi connectivity index (χ0) is 17.0. The van der Waals surface area contributed by atoms with Crippen LogP contribution >= 0.6 is 0 Å². The number of hydrogen-bond donors (Lipinski definition) is 3. The van der Waals surface area contributed by atoms with Crippen LogP contribution in [0.5, 0.6) is 5.75 Å². The molecule has 128 valence electrons. The Morgan fingerprint density at radius 3 is 2.43 bits per heavy atom. The van der Waals surface area contributed by atoms with E-state index in [2.05, 4.69) is 10.0 Å². The summed E-state index contributed by atoms with van der Waals surface area (Å²) in [6, 6.07) is 6.34. The molecule has 1 aromatic carbocycles. The molecule has 2 rings (SSSR count). The van der Waals surface area contributed by atoms with Gasteiger partial charge in [-0.05, 0) is 51.7 Å². The fourth-order valence-electron chi connectivity index (χ4n) is 2.67. The van der Waals surface area contributed by atoms with E-state index >= 15 is 0 Å². The van der Waals surface area contributed by atoms with Gasteiger partial charge >= 0.3 is 0 Å². The Balaban J connectivity index is 1.85. The lowest BCUT2D eigenvalue weighted by Crippen LogP contribution is -2.42. The zero-order valence-electron chi connectivity index (χ0n) is 13.5. The molecular weight excluding hydrogens is 316 g/mol. The number of phenols is 1. The van der Waals surface area contributed by atoms with E-state index in [-0.39, 0.29) is 23.6 Å². The Morgan fingerprint density at radius 1 is 1.22 bits per heavy atom. The Kier molecular flexibility index (Phi) is 5.64. The number of sulfonamides is 1. The first kappa shape index (κ1) is 17.7. The third-order valence-electron chi connectivity index (χ3n) is 4.16. The summed E-state index contributed by atoms with van der Waals surface area (Å²) >= 11 is 0. The molecule has 7 heteroatoms. The number of nitrogens with one attached hydrogen (secondary N) is 2. The van der Waals surface area contributed by atoms with Crippen LogP contribution in [0.4, 0.5) is 5.69 Å². The molecule has 0 radical (unpaired) electrons. The third kappa shape index (κ3) is 4.94. The van der Waals surface area contributed by atoms with Crippen LogP contribution in [0.3, 0.4) is 0 Å². The number of aromatic hydroxyl groups is 1. The van der Waals surface area contributed by atoms with Gasteiger partial charge < -0.3 is 10.4 Å². The van der Waals surface area contributed by atoms with Gasteiger partial charge in [-0.15, -0.1) is 0 Å². The van der Waals surface area contributed by atoms with Gasteiger partial charge in [-0.2, -0.15) is 0 Å². The molecular formula is C16H24N2O4S. The Labute approximate surface area is 137 Å². The minimum atomic E-state index is -3.27. The van der Waals surface area contributed by atoms with E-state index in [9.17, 15) is 18.3 Å². The predicted octanol–water partition coefficient (Wildman–Crippen LogP) is 2.22. The number of anilines is 1. The molecule has 1 aliphatic carbocycles. The molecule has 1 fully saturated rings. The second kappa shape index (κ2) is 7.31. The lowest BCUT2D eigenvalue weighted by molar-refractivity contribution is -0.120. The van der Waals surface area contributed by atoms with E-state index in [0.717, 1.165) is 0 Å². The van der Waals surface area contributed by atoms with Crippen molar-refractivity contribution >= 4 is 21.6 Å². The van der Waals surface area contributed by atoms with Gasteiger partial charge in [-0.1, -0.05) is 6.07 Å². The summed E-state index contributed by atoms with van der Waals surface area (Å²) in [5.41, 5.74) is 0.567. The second-order valence-electron chi connectivity index (χ2n) is 6.30. The summed E-state index contributed by atoms with van der Waals surface area (Å²) < 4.78 is 26.5. The number of amides is 1. The predicted molar refractivity (Wildman–Crippen MR) is 89.7 cm³/mol. The molecule has 1 amide bonds. The van der Waals surface area contributed by atoms with Crippen molar-refractivity contribution in [1.29, 1.82) is 0 Å². The molecule has 0 bridgehead atoms. The highest BCUT2D eigenvalue weighted by atomic mass is 32.2. The van der Waals surface area contributed by atoms with Crippen molar-refractivity contribution in [2.45, 2.75) is 50.8 Å². The minimum Gasteiger partial charge on any atom is -0.508 e. The Bertz CT molecular complexity index is 650. The molecule has 3 N–H and O–H groups in total. The monoisotopic (exact) mass is 340 g/mol. The quantitative estimate of drug-likeness (QED) is 0.766. The smallest absolute Gasteiger partial charge is 0.227 e. The molecule has 0 spiro atoms. The van der Waals surface area contributed by atoms with Crippen LogP contribution in [0.25, 0.3) is 0 Å². The molecule has 0 atom stereocenters. The number of hydrogen-bond acceptors (Lipinski definition) is 4. The maximum Gasteiger partial charge on any atom is 0.227 e. The summed E-state index contributed by atoms with van der Waals surface area (Å²) in [5.74, 6) is -0.104. The SMILES string of the molecule is CC(C)S(=O)(=O)NC1CCC(C(=O)Nc2cccc(O)c2)CC1. The number of phenolic OH excluding ortho intramolecular Hbond substituents is 1. The molecule has 0 unspecified atom stereocenters. The summed E-state index contributed by atoms with van der Waals surface area (Å²) in [7, 11) is -3.27. The van der Waals surface area contributed by atoms with Crippen molar-refractivity contribution in [3.05, 3.63) is 24.3 Å². The van der Waals surface area contributed by atoms with Crippen molar-refractivity contribution in [3.8, 4) is 5.75 Å². The molecule has 23 heavy (non-hydrogen) atoms. The van der Waals surface area contributed by atoms with Crippen LogP contribution in [0.1, 0.15) is 39.5 Å². The summed E-state index contributed by atoms with van der Waals surface area (Å²) in [5, 5.41) is 11.8. The van der Waals surface area contributed by atoms with Gasteiger partial charge in [0.25, 0.3) is 0 Å². The highest BCUT2D eigenvalue weighted by molar-refractivity contribution is 7.90. The normalized spacial score (nSPS) is 22.0. The summed E-state index contributed by atoms with van der Waals surface area (Å²) in [6.07, 6.45) is 2.61. The van der Waals surface area contributed by atoms with E-state index in [0.29, 0.717) is 31.4 Å². The van der Waals surface area contributed by atoms with Gasteiger partial charge in [0.1, 0.15) is 5.75 Å². The van der Waals surface area contributed by atoms with Crippen LogP contribution in [0.15, 0.2) is 24.3 Å². The van der Waals surface area contributed by atoms with Gasteiger partial charge in [0, 0.05) is 23.7 Å². The molecule has 1 aliphatic rings. The Morgan fingerprint density at radius 2 is 1.87 bits per heavy atom. The van der Waals surface area contributed by atoms with Crippen LogP contribution < -0.4 is 10.0 Å². The third-order valence-corrected chi connectivity index (χ3v) is 6.07. The van der Waals surface area contributed by atoms with Crippen molar-refractivity contribution in [2.24, 2.45) is 5.92 Å². The lowest BCUT2D eigenvalue weighted by atomic mass is 9.86. The molecule has 6 nitrogen and oxygen atoms in total. The fourth-order valence-corrected chi connectivity index (χ4v) is 3.64. The van der Waals surface area contributed by atoms with E-state index in [1.54, 1.807) is 32.0 Å². The Hall–Kier alpha value is -1.60. The molecule has 1 saturated carbocycles. The molecule has 0 heterocycles. The summed E-state index contributed by atoms with van der Waals surface area (Å²) in [4.78, 5) is 12.2. The average Bonchev–Trinajstić information content (AvgIpc) is 2.47. The van der Waals surface area contributed by atoms with Crippen LogP contribution in [-0.4, -0.2) is 30.7 Å².